The molecule has 0 spiro atoms. The summed E-state index contributed by atoms with van der Waals surface area (Å²) in [6.07, 6.45) is 7.39. The van der Waals surface area contributed by atoms with Crippen LogP contribution in [0.3, 0.4) is 0 Å². The Kier molecular flexibility index (Phi) is 6.04. The Labute approximate surface area is 183 Å². The number of hydrogen-bond acceptors (Lipinski definition) is 5. The van der Waals surface area contributed by atoms with E-state index in [1.165, 1.54) is 0 Å². The smallest absolute Gasteiger partial charge is 0.252 e. The molecule has 1 aromatic carbocycles. The zero-order valence-corrected chi connectivity index (χ0v) is 18.7. The average molecular weight is 419 g/mol. The molecular weight excluding hydrogens is 388 g/mol. The van der Waals surface area contributed by atoms with Crippen LogP contribution in [-0.2, 0) is 7.05 Å². The highest BCUT2D eigenvalue weighted by Gasteiger charge is 2.19. The molecular formula is C24H30N6O. The van der Waals surface area contributed by atoms with E-state index in [2.05, 4.69) is 44.4 Å². The van der Waals surface area contributed by atoms with Gasteiger partial charge in [0.05, 0.1) is 12.2 Å². The van der Waals surface area contributed by atoms with Crippen molar-refractivity contribution < 1.29 is 4.79 Å². The molecule has 3 aromatic rings. The first-order chi connectivity index (χ1) is 14.9. The van der Waals surface area contributed by atoms with Crippen LogP contribution in [0.5, 0.6) is 0 Å². The Balaban J connectivity index is 1.50. The number of hydrogen-bond donors (Lipinski definition) is 1. The van der Waals surface area contributed by atoms with E-state index in [0.29, 0.717) is 0 Å². The summed E-state index contributed by atoms with van der Waals surface area (Å²) in [6.45, 7) is 7.99. The number of aromatic nitrogens is 3. The van der Waals surface area contributed by atoms with Crippen molar-refractivity contribution in [1.82, 2.24) is 25.0 Å². The molecule has 0 unspecified atom stereocenters. The van der Waals surface area contributed by atoms with Gasteiger partial charge in [0.25, 0.3) is 5.91 Å². The standard InChI is InChI=1S/C24H30N6O/c1-17-5-6-22(30-9-7-28(3)8-10-30)12-23(17)24(31)27-18(2)19-11-20(14-25-13-19)21-15-26-29(4)16-21/h5-6,11-16,18H,7-10H2,1-4H3,(H,27,31)/t18-/m1/s1. The normalized spacial score (nSPS) is 15.7. The molecule has 1 amide bonds. The highest BCUT2D eigenvalue weighted by Crippen LogP contribution is 2.24. The van der Waals surface area contributed by atoms with Crippen molar-refractivity contribution in [2.45, 2.75) is 19.9 Å². The van der Waals surface area contributed by atoms with E-state index in [4.69, 9.17) is 0 Å². The third-order valence-electron chi connectivity index (χ3n) is 5.98. The lowest BCUT2D eigenvalue weighted by atomic mass is 10.0. The highest BCUT2D eigenvalue weighted by molar-refractivity contribution is 5.96. The van der Waals surface area contributed by atoms with Gasteiger partial charge < -0.3 is 15.1 Å². The van der Waals surface area contributed by atoms with Gasteiger partial charge in [-0.25, -0.2) is 0 Å². The number of nitrogens with zero attached hydrogens (tertiary/aromatic N) is 5. The Morgan fingerprint density at radius 1 is 1.03 bits per heavy atom. The number of pyridine rings is 1. The molecule has 1 fully saturated rings. The molecule has 4 rings (SSSR count). The summed E-state index contributed by atoms with van der Waals surface area (Å²) in [5.41, 5.74) is 5.76. The molecule has 1 N–H and O–H groups in total. The molecule has 1 saturated heterocycles. The van der Waals surface area contributed by atoms with Gasteiger partial charge in [-0.05, 0) is 50.2 Å². The zero-order valence-electron chi connectivity index (χ0n) is 18.7. The number of anilines is 1. The third kappa shape index (κ3) is 4.77. The summed E-state index contributed by atoms with van der Waals surface area (Å²) in [6, 6.07) is 8.07. The quantitative estimate of drug-likeness (QED) is 0.690. The van der Waals surface area contributed by atoms with Crippen LogP contribution < -0.4 is 10.2 Å². The molecule has 0 saturated carbocycles. The summed E-state index contributed by atoms with van der Waals surface area (Å²) in [5.74, 6) is -0.0623. The van der Waals surface area contributed by atoms with Gasteiger partial charge in [0.2, 0.25) is 0 Å². The van der Waals surface area contributed by atoms with E-state index in [-0.39, 0.29) is 11.9 Å². The number of benzene rings is 1. The number of likely N-dealkylation sites (N-methyl/N-ethyl adjacent to an activating group) is 1. The van der Waals surface area contributed by atoms with E-state index in [9.17, 15) is 4.79 Å². The first-order valence-corrected chi connectivity index (χ1v) is 10.7. The van der Waals surface area contributed by atoms with E-state index < -0.39 is 0 Å². The number of nitrogens with one attached hydrogen (secondary N) is 1. The topological polar surface area (TPSA) is 66.3 Å². The van der Waals surface area contributed by atoms with Crippen LogP contribution >= 0.6 is 0 Å². The first-order valence-electron chi connectivity index (χ1n) is 10.7. The number of carbonyl (C=O) groups excluding carboxylic acids is 1. The van der Waals surface area contributed by atoms with Gasteiger partial charge in [-0.1, -0.05) is 6.07 Å². The van der Waals surface area contributed by atoms with Crippen LogP contribution in [0.1, 0.15) is 34.5 Å². The van der Waals surface area contributed by atoms with Crippen molar-refractivity contribution in [3.05, 3.63) is 65.7 Å². The van der Waals surface area contributed by atoms with Crippen molar-refractivity contribution in [2.24, 2.45) is 7.05 Å². The summed E-state index contributed by atoms with van der Waals surface area (Å²) in [7, 11) is 4.03. The van der Waals surface area contributed by atoms with E-state index in [0.717, 1.165) is 59.7 Å². The van der Waals surface area contributed by atoms with Crippen molar-refractivity contribution in [3.63, 3.8) is 0 Å². The van der Waals surface area contributed by atoms with Crippen molar-refractivity contribution in [2.75, 3.05) is 38.1 Å². The minimum absolute atomic E-state index is 0.0623. The average Bonchev–Trinajstić information content (AvgIpc) is 3.21. The molecule has 1 atom stereocenters. The largest absolute Gasteiger partial charge is 0.369 e. The Bertz CT molecular complexity index is 1070. The molecule has 7 heteroatoms. The van der Waals surface area contributed by atoms with Gasteiger partial charge >= 0.3 is 0 Å². The number of aryl methyl sites for hydroxylation is 2. The van der Waals surface area contributed by atoms with Crippen LogP contribution in [0.15, 0.2) is 49.1 Å². The molecule has 31 heavy (non-hydrogen) atoms. The lowest BCUT2D eigenvalue weighted by Crippen LogP contribution is -2.44. The fraction of sp³-hybridized carbons (Fsp3) is 0.375. The van der Waals surface area contributed by atoms with Gasteiger partial charge in [-0.15, -0.1) is 0 Å². The van der Waals surface area contributed by atoms with Crippen LogP contribution in [-0.4, -0.2) is 58.8 Å². The van der Waals surface area contributed by atoms with Crippen LogP contribution in [0.4, 0.5) is 5.69 Å². The van der Waals surface area contributed by atoms with Crippen molar-refractivity contribution in [1.29, 1.82) is 0 Å². The molecule has 7 nitrogen and oxygen atoms in total. The molecule has 3 heterocycles. The highest BCUT2D eigenvalue weighted by atomic mass is 16.1. The number of rotatable bonds is 5. The van der Waals surface area contributed by atoms with E-state index >= 15 is 0 Å². The van der Waals surface area contributed by atoms with Crippen molar-refractivity contribution in [3.8, 4) is 11.1 Å². The minimum Gasteiger partial charge on any atom is -0.369 e. The fourth-order valence-corrected chi connectivity index (χ4v) is 3.90. The van der Waals surface area contributed by atoms with Crippen LogP contribution in [0, 0.1) is 6.92 Å². The Morgan fingerprint density at radius 3 is 2.52 bits per heavy atom. The molecule has 0 radical (unpaired) electrons. The van der Waals surface area contributed by atoms with Gasteiger partial charge in [0, 0.05) is 74.2 Å². The lowest BCUT2D eigenvalue weighted by Gasteiger charge is -2.34. The summed E-state index contributed by atoms with van der Waals surface area (Å²) < 4.78 is 1.77. The van der Waals surface area contributed by atoms with Gasteiger partial charge in [0.1, 0.15) is 0 Å². The predicted octanol–water partition coefficient (Wildman–Crippen LogP) is 3.03. The second kappa shape index (κ2) is 8.89. The molecule has 2 aromatic heterocycles. The van der Waals surface area contributed by atoms with Gasteiger partial charge in [-0.2, -0.15) is 5.10 Å². The van der Waals surface area contributed by atoms with Gasteiger partial charge in [-0.3, -0.25) is 14.5 Å². The summed E-state index contributed by atoms with van der Waals surface area (Å²) in [4.78, 5) is 22.2. The summed E-state index contributed by atoms with van der Waals surface area (Å²) in [5, 5.41) is 7.38. The summed E-state index contributed by atoms with van der Waals surface area (Å²) >= 11 is 0. The SMILES string of the molecule is Cc1ccc(N2CCN(C)CC2)cc1C(=O)N[C@H](C)c1cncc(-c2cnn(C)c2)c1. The maximum absolute atomic E-state index is 13.1. The number of amides is 1. The molecule has 1 aliphatic rings. The molecule has 1 aliphatic heterocycles. The lowest BCUT2D eigenvalue weighted by molar-refractivity contribution is 0.0939. The number of carbonyl (C=O) groups is 1. The van der Waals surface area contributed by atoms with E-state index in [1.807, 2.05) is 51.6 Å². The maximum atomic E-state index is 13.1. The third-order valence-corrected chi connectivity index (χ3v) is 5.98. The molecule has 0 aliphatic carbocycles. The predicted molar refractivity (Wildman–Crippen MR) is 123 cm³/mol. The second-order valence-corrected chi connectivity index (χ2v) is 8.39. The Hall–Kier alpha value is -3.19. The van der Waals surface area contributed by atoms with Crippen LogP contribution in [0.25, 0.3) is 11.1 Å². The second-order valence-electron chi connectivity index (χ2n) is 8.39. The molecule has 0 bridgehead atoms. The monoisotopic (exact) mass is 418 g/mol. The minimum atomic E-state index is -0.164. The first kappa shape index (κ1) is 21.1. The van der Waals surface area contributed by atoms with Gasteiger partial charge in [0.15, 0.2) is 0 Å². The molecule has 162 valence electrons. The zero-order chi connectivity index (χ0) is 22.0. The maximum Gasteiger partial charge on any atom is 0.252 e. The number of piperazine rings is 1. The van der Waals surface area contributed by atoms with Crippen LogP contribution in [0.2, 0.25) is 0 Å². The fourth-order valence-electron chi connectivity index (χ4n) is 3.90. The van der Waals surface area contributed by atoms with E-state index in [1.54, 1.807) is 10.9 Å². The Morgan fingerprint density at radius 2 is 1.81 bits per heavy atom. The van der Waals surface area contributed by atoms with Crippen molar-refractivity contribution >= 4 is 11.6 Å².